The van der Waals surface area contributed by atoms with Gasteiger partial charge in [0.05, 0.1) is 6.61 Å². The molecular weight excluding hydrogens is 252 g/mol. The summed E-state index contributed by atoms with van der Waals surface area (Å²) in [5, 5.41) is 7.54. The van der Waals surface area contributed by atoms with E-state index in [0.717, 1.165) is 31.0 Å². The van der Waals surface area contributed by atoms with E-state index in [9.17, 15) is 0 Å². The van der Waals surface area contributed by atoms with Crippen LogP contribution in [0.4, 0.5) is 0 Å². The molecule has 5 nitrogen and oxygen atoms in total. The zero-order valence-corrected chi connectivity index (χ0v) is 11.9. The van der Waals surface area contributed by atoms with Gasteiger partial charge in [0.25, 0.3) is 0 Å². The first-order valence-corrected chi connectivity index (χ1v) is 6.98. The molecule has 0 amide bonds. The second kappa shape index (κ2) is 5.63. The Labute approximate surface area is 119 Å². The standard InChI is InChI=1S/C15H20N4O/c1-16-13(8-15-17-10-18-19(15)2)12-7-11-5-3-4-6-14(11)20-9-12/h3-6,10,12-13,16H,7-9H2,1-2H3. The summed E-state index contributed by atoms with van der Waals surface area (Å²) in [4.78, 5) is 4.31. The fourth-order valence-electron chi connectivity index (χ4n) is 2.82. The lowest BCUT2D eigenvalue weighted by molar-refractivity contribution is 0.185. The van der Waals surface area contributed by atoms with Crippen LogP contribution in [0.1, 0.15) is 11.4 Å². The van der Waals surface area contributed by atoms with Gasteiger partial charge in [0, 0.05) is 25.4 Å². The molecule has 1 aromatic heterocycles. The highest BCUT2D eigenvalue weighted by molar-refractivity contribution is 5.35. The molecule has 0 fully saturated rings. The van der Waals surface area contributed by atoms with Crippen LogP contribution in [-0.4, -0.2) is 34.5 Å². The summed E-state index contributed by atoms with van der Waals surface area (Å²) in [5.41, 5.74) is 1.29. The third kappa shape index (κ3) is 2.54. The molecular formula is C15H20N4O. The van der Waals surface area contributed by atoms with Crippen LogP contribution >= 0.6 is 0 Å². The molecule has 1 N–H and O–H groups in total. The highest BCUT2D eigenvalue weighted by atomic mass is 16.5. The summed E-state index contributed by atoms with van der Waals surface area (Å²) in [6.07, 6.45) is 3.51. The molecule has 3 rings (SSSR count). The Balaban J connectivity index is 1.73. The van der Waals surface area contributed by atoms with Crippen LogP contribution in [0.3, 0.4) is 0 Å². The molecule has 0 spiro atoms. The van der Waals surface area contributed by atoms with Crippen molar-refractivity contribution in [1.82, 2.24) is 20.1 Å². The summed E-state index contributed by atoms with van der Waals surface area (Å²) in [6, 6.07) is 8.63. The van der Waals surface area contributed by atoms with Gasteiger partial charge in [-0.3, -0.25) is 4.68 Å². The summed E-state index contributed by atoms with van der Waals surface area (Å²) >= 11 is 0. The predicted octanol–water partition coefficient (Wildman–Crippen LogP) is 1.20. The van der Waals surface area contributed by atoms with Crippen LogP contribution in [0.2, 0.25) is 0 Å². The maximum Gasteiger partial charge on any atom is 0.138 e. The van der Waals surface area contributed by atoms with Crippen LogP contribution in [0, 0.1) is 5.92 Å². The summed E-state index contributed by atoms with van der Waals surface area (Å²) in [5.74, 6) is 2.48. The highest BCUT2D eigenvalue weighted by Gasteiger charge is 2.27. The molecule has 2 heterocycles. The number of ether oxygens (including phenoxy) is 1. The fourth-order valence-corrected chi connectivity index (χ4v) is 2.82. The van der Waals surface area contributed by atoms with E-state index in [2.05, 4.69) is 27.5 Å². The van der Waals surface area contributed by atoms with Crippen LogP contribution in [0.15, 0.2) is 30.6 Å². The van der Waals surface area contributed by atoms with Crippen molar-refractivity contribution < 1.29 is 4.74 Å². The van der Waals surface area contributed by atoms with Gasteiger partial charge in [-0.1, -0.05) is 18.2 Å². The molecule has 2 aromatic rings. The molecule has 2 unspecified atom stereocenters. The van der Waals surface area contributed by atoms with Gasteiger partial charge >= 0.3 is 0 Å². The van der Waals surface area contributed by atoms with Gasteiger partial charge in [0.2, 0.25) is 0 Å². The van der Waals surface area contributed by atoms with Crippen molar-refractivity contribution in [1.29, 1.82) is 0 Å². The van der Waals surface area contributed by atoms with Crippen LogP contribution < -0.4 is 10.1 Å². The molecule has 0 saturated heterocycles. The molecule has 106 valence electrons. The number of para-hydroxylation sites is 1. The maximum absolute atomic E-state index is 5.89. The number of aromatic nitrogens is 3. The Morgan fingerprint density at radius 2 is 2.30 bits per heavy atom. The van der Waals surface area contributed by atoms with Crippen molar-refractivity contribution in [3.05, 3.63) is 42.0 Å². The molecule has 20 heavy (non-hydrogen) atoms. The van der Waals surface area contributed by atoms with E-state index in [4.69, 9.17) is 4.74 Å². The van der Waals surface area contributed by atoms with Crippen molar-refractivity contribution >= 4 is 0 Å². The van der Waals surface area contributed by atoms with Gasteiger partial charge in [-0.05, 0) is 25.1 Å². The number of nitrogens with one attached hydrogen (secondary N) is 1. The summed E-state index contributed by atoms with van der Waals surface area (Å²) in [7, 11) is 3.93. The van der Waals surface area contributed by atoms with E-state index in [-0.39, 0.29) is 0 Å². The molecule has 2 atom stereocenters. The number of benzene rings is 1. The summed E-state index contributed by atoms with van der Waals surface area (Å²) < 4.78 is 7.72. The average molecular weight is 272 g/mol. The van der Waals surface area contributed by atoms with Gasteiger partial charge < -0.3 is 10.1 Å². The molecule has 5 heteroatoms. The van der Waals surface area contributed by atoms with Gasteiger partial charge in [-0.2, -0.15) is 5.10 Å². The zero-order chi connectivity index (χ0) is 13.9. The monoisotopic (exact) mass is 272 g/mol. The lowest BCUT2D eigenvalue weighted by atomic mass is 9.88. The molecule has 0 aliphatic carbocycles. The maximum atomic E-state index is 5.89. The van der Waals surface area contributed by atoms with Crippen LogP contribution in [0.25, 0.3) is 0 Å². The largest absolute Gasteiger partial charge is 0.493 e. The third-order valence-electron chi connectivity index (χ3n) is 4.06. The van der Waals surface area contributed by atoms with Crippen molar-refractivity contribution in [2.24, 2.45) is 13.0 Å². The Bertz CT molecular complexity index is 581. The van der Waals surface area contributed by atoms with E-state index < -0.39 is 0 Å². The first-order valence-electron chi connectivity index (χ1n) is 6.98. The Kier molecular flexibility index (Phi) is 3.69. The number of rotatable bonds is 4. The fraction of sp³-hybridized carbons (Fsp3) is 0.467. The van der Waals surface area contributed by atoms with Crippen LogP contribution in [0.5, 0.6) is 5.75 Å². The quantitative estimate of drug-likeness (QED) is 0.908. The van der Waals surface area contributed by atoms with E-state index in [1.165, 1.54) is 5.56 Å². The van der Waals surface area contributed by atoms with Crippen molar-refractivity contribution in [3.63, 3.8) is 0 Å². The summed E-state index contributed by atoms with van der Waals surface area (Å²) in [6.45, 7) is 0.750. The molecule has 1 aliphatic rings. The predicted molar refractivity (Wildman–Crippen MR) is 76.7 cm³/mol. The first-order chi connectivity index (χ1) is 9.78. The topological polar surface area (TPSA) is 52.0 Å². The number of aryl methyl sites for hydroxylation is 1. The minimum Gasteiger partial charge on any atom is -0.493 e. The highest BCUT2D eigenvalue weighted by Crippen LogP contribution is 2.28. The van der Waals surface area contributed by atoms with Gasteiger partial charge in [0.15, 0.2) is 0 Å². The molecule has 0 bridgehead atoms. The Morgan fingerprint density at radius 1 is 1.45 bits per heavy atom. The van der Waals surface area contributed by atoms with E-state index in [1.54, 1.807) is 6.33 Å². The molecule has 1 aliphatic heterocycles. The second-order valence-corrected chi connectivity index (χ2v) is 5.28. The van der Waals surface area contributed by atoms with Gasteiger partial charge in [0.1, 0.15) is 17.9 Å². The second-order valence-electron chi connectivity index (χ2n) is 5.28. The van der Waals surface area contributed by atoms with Gasteiger partial charge in [-0.25, -0.2) is 4.98 Å². The van der Waals surface area contributed by atoms with Crippen molar-refractivity contribution in [3.8, 4) is 5.75 Å². The number of hydrogen-bond acceptors (Lipinski definition) is 4. The SMILES string of the molecule is CNC(Cc1ncnn1C)C1COc2ccccc2C1. The van der Waals surface area contributed by atoms with Crippen LogP contribution in [-0.2, 0) is 19.9 Å². The minimum atomic E-state index is 0.339. The smallest absolute Gasteiger partial charge is 0.138 e. The number of fused-ring (bicyclic) bond motifs is 1. The molecule has 0 radical (unpaired) electrons. The Morgan fingerprint density at radius 3 is 3.05 bits per heavy atom. The van der Waals surface area contributed by atoms with Gasteiger partial charge in [-0.15, -0.1) is 0 Å². The number of hydrogen-bond donors (Lipinski definition) is 1. The molecule has 1 aromatic carbocycles. The Hall–Kier alpha value is -1.88. The van der Waals surface area contributed by atoms with Crippen molar-refractivity contribution in [2.45, 2.75) is 18.9 Å². The molecule has 0 saturated carbocycles. The van der Waals surface area contributed by atoms with E-state index in [1.807, 2.05) is 30.9 Å². The zero-order valence-electron chi connectivity index (χ0n) is 11.9. The third-order valence-corrected chi connectivity index (χ3v) is 4.06. The average Bonchev–Trinajstić information content (AvgIpc) is 2.89. The number of nitrogens with zero attached hydrogens (tertiary/aromatic N) is 3. The minimum absolute atomic E-state index is 0.339. The van der Waals surface area contributed by atoms with E-state index in [0.29, 0.717) is 12.0 Å². The number of likely N-dealkylation sites (N-methyl/N-ethyl adjacent to an activating group) is 1. The lowest BCUT2D eigenvalue weighted by Crippen LogP contribution is -2.42. The normalized spacial score (nSPS) is 19.2. The van der Waals surface area contributed by atoms with Crippen molar-refractivity contribution in [2.75, 3.05) is 13.7 Å². The lowest BCUT2D eigenvalue weighted by Gasteiger charge is -2.31. The first kappa shape index (κ1) is 13.1. The van der Waals surface area contributed by atoms with E-state index >= 15 is 0 Å².